The van der Waals surface area contributed by atoms with E-state index in [1.165, 1.54) is 0 Å². The van der Waals surface area contributed by atoms with Crippen molar-refractivity contribution in [1.82, 2.24) is 5.32 Å². The van der Waals surface area contributed by atoms with Crippen molar-refractivity contribution < 1.29 is 13.6 Å². The summed E-state index contributed by atoms with van der Waals surface area (Å²) < 4.78 is 24.7. The number of para-hydroxylation sites is 1. The molecule has 1 aromatic carbocycles. The summed E-state index contributed by atoms with van der Waals surface area (Å²) in [6, 6.07) is 6.57. The zero-order valence-corrected chi connectivity index (χ0v) is 12.1. The summed E-state index contributed by atoms with van der Waals surface area (Å²) in [4.78, 5) is 12.0. The van der Waals surface area contributed by atoms with Gasteiger partial charge in [0.15, 0.2) is 0 Å². The second-order valence-electron chi connectivity index (χ2n) is 3.63. The van der Waals surface area contributed by atoms with Crippen LogP contribution in [0.2, 0.25) is 0 Å². The average Bonchev–Trinajstić information content (AvgIpc) is 2.31. The number of anilines is 1. The molecule has 0 aliphatic carbocycles. The Morgan fingerprint density at radius 2 is 2.05 bits per heavy atom. The van der Waals surface area contributed by atoms with Crippen molar-refractivity contribution >= 4 is 35.8 Å². The zero-order valence-electron chi connectivity index (χ0n) is 10.5. The molecule has 0 bridgehead atoms. The predicted molar refractivity (Wildman–Crippen MR) is 77.3 cm³/mol. The molecule has 0 radical (unpaired) electrons. The van der Waals surface area contributed by atoms with Crippen LogP contribution in [0, 0.1) is 0 Å². The van der Waals surface area contributed by atoms with Gasteiger partial charge in [0.25, 0.3) is 5.76 Å². The fourth-order valence-electron chi connectivity index (χ4n) is 1.41. The minimum Gasteiger partial charge on any atom is -0.325 e. The van der Waals surface area contributed by atoms with E-state index >= 15 is 0 Å². The Hall–Kier alpha value is -0.850. The molecule has 0 aromatic heterocycles. The van der Waals surface area contributed by atoms with Gasteiger partial charge in [0, 0.05) is 11.3 Å². The summed E-state index contributed by atoms with van der Waals surface area (Å²) in [5.74, 6) is -2.65. The van der Waals surface area contributed by atoms with Gasteiger partial charge in [-0.05, 0) is 32.1 Å². The van der Waals surface area contributed by atoms with E-state index in [4.69, 9.17) is 0 Å². The average molecular weight is 311 g/mol. The predicted octanol–water partition coefficient (Wildman–Crippen LogP) is 3.36. The van der Waals surface area contributed by atoms with Crippen LogP contribution in [0.25, 0.3) is 0 Å². The van der Waals surface area contributed by atoms with Crippen molar-refractivity contribution in [2.75, 3.05) is 18.9 Å². The van der Waals surface area contributed by atoms with Crippen molar-refractivity contribution in [3.63, 3.8) is 0 Å². The summed E-state index contributed by atoms with van der Waals surface area (Å²) in [7, 11) is 1.81. The summed E-state index contributed by atoms with van der Waals surface area (Å²) in [5, 5.41) is 5.60. The summed E-state index contributed by atoms with van der Waals surface area (Å²) in [5.41, 5.74) is 0.442. The summed E-state index contributed by atoms with van der Waals surface area (Å²) in [6.07, 6.45) is 1.08. The van der Waals surface area contributed by atoms with Gasteiger partial charge in [-0.3, -0.25) is 4.79 Å². The van der Waals surface area contributed by atoms with Crippen LogP contribution in [0.4, 0.5) is 14.5 Å². The summed E-state index contributed by atoms with van der Waals surface area (Å²) >= 11 is 0.435. The van der Waals surface area contributed by atoms with Crippen LogP contribution >= 0.6 is 24.2 Å². The number of amides is 1. The van der Waals surface area contributed by atoms with E-state index in [-0.39, 0.29) is 18.3 Å². The number of carbonyl (C=O) groups is 1. The smallest absolute Gasteiger partial charge is 0.288 e. The molecular weight excluding hydrogens is 294 g/mol. The number of hydrogen-bond acceptors (Lipinski definition) is 3. The number of rotatable bonds is 7. The number of nitrogens with one attached hydrogen (secondary N) is 2. The van der Waals surface area contributed by atoms with Gasteiger partial charge in [0.1, 0.15) is 0 Å². The number of carbonyl (C=O) groups excluding carboxylic acids is 1. The van der Waals surface area contributed by atoms with Crippen LogP contribution in [0.3, 0.4) is 0 Å². The monoisotopic (exact) mass is 310 g/mol. The Bertz CT molecular complexity index is 394. The number of benzene rings is 1. The largest absolute Gasteiger partial charge is 0.325 e. The normalized spacial score (nSPS) is 10.1. The Labute approximate surface area is 121 Å². The first kappa shape index (κ1) is 18.1. The number of thioether (sulfide) groups is 1. The number of alkyl halides is 2. The van der Waals surface area contributed by atoms with E-state index in [2.05, 4.69) is 10.6 Å². The molecule has 7 heteroatoms. The lowest BCUT2D eigenvalue weighted by Gasteiger charge is -2.10. The van der Waals surface area contributed by atoms with Crippen molar-refractivity contribution in [2.45, 2.75) is 23.5 Å². The summed E-state index contributed by atoms with van der Waals surface area (Å²) in [6.45, 7) is 0.751. The highest BCUT2D eigenvalue weighted by Gasteiger charge is 2.11. The fraction of sp³-hybridized carbons (Fsp3) is 0.417. The topological polar surface area (TPSA) is 41.1 Å². The lowest BCUT2D eigenvalue weighted by Crippen LogP contribution is -2.15. The van der Waals surface area contributed by atoms with Gasteiger partial charge >= 0.3 is 0 Å². The van der Waals surface area contributed by atoms with Crippen LogP contribution < -0.4 is 10.6 Å². The Morgan fingerprint density at radius 1 is 1.37 bits per heavy atom. The third-order valence-electron chi connectivity index (χ3n) is 2.21. The van der Waals surface area contributed by atoms with Gasteiger partial charge in [-0.1, -0.05) is 23.9 Å². The van der Waals surface area contributed by atoms with Crippen molar-refractivity contribution in [2.24, 2.45) is 0 Å². The molecule has 3 nitrogen and oxygen atoms in total. The lowest BCUT2D eigenvalue weighted by atomic mass is 10.2. The molecule has 19 heavy (non-hydrogen) atoms. The molecule has 0 aliphatic heterocycles. The molecule has 2 N–H and O–H groups in total. The molecule has 1 amide bonds. The van der Waals surface area contributed by atoms with E-state index in [9.17, 15) is 13.6 Å². The van der Waals surface area contributed by atoms with Crippen LogP contribution in [0.15, 0.2) is 29.2 Å². The number of halogens is 3. The van der Waals surface area contributed by atoms with E-state index < -0.39 is 5.76 Å². The van der Waals surface area contributed by atoms with Gasteiger partial charge in [-0.2, -0.15) is 8.78 Å². The Balaban J connectivity index is 0.00000324. The second-order valence-corrected chi connectivity index (χ2v) is 4.66. The lowest BCUT2D eigenvalue weighted by molar-refractivity contribution is -0.116. The highest BCUT2D eigenvalue weighted by Crippen LogP contribution is 2.31. The fourth-order valence-corrected chi connectivity index (χ4v) is 2.00. The Morgan fingerprint density at radius 3 is 2.68 bits per heavy atom. The van der Waals surface area contributed by atoms with Crippen LogP contribution in [-0.4, -0.2) is 25.3 Å². The Kier molecular flexibility index (Phi) is 9.55. The van der Waals surface area contributed by atoms with E-state index in [0.29, 0.717) is 35.2 Å². The minimum atomic E-state index is -2.49. The van der Waals surface area contributed by atoms with E-state index in [1.54, 1.807) is 24.3 Å². The molecule has 108 valence electrons. The molecule has 0 saturated heterocycles. The molecule has 0 heterocycles. The molecule has 0 saturated carbocycles. The van der Waals surface area contributed by atoms with Gasteiger partial charge in [-0.25, -0.2) is 0 Å². The highest BCUT2D eigenvalue weighted by molar-refractivity contribution is 7.99. The maximum Gasteiger partial charge on any atom is 0.288 e. The molecule has 0 fully saturated rings. The quantitative estimate of drug-likeness (QED) is 0.599. The molecule has 0 aliphatic rings. The minimum absolute atomic E-state index is 0. The maximum atomic E-state index is 12.3. The van der Waals surface area contributed by atoms with Gasteiger partial charge in [0.05, 0.1) is 5.69 Å². The zero-order chi connectivity index (χ0) is 13.4. The first-order chi connectivity index (χ1) is 8.63. The molecule has 0 unspecified atom stereocenters. The standard InChI is InChI=1S/C12H16F2N2OS.ClH/c1-15-8-4-7-11(17)16-9-5-2-3-6-10(9)18-12(13)14;/h2-3,5-6,12,15H,4,7-8H2,1H3,(H,16,17);1H. The molecular formula is C12H17ClF2N2OS. The molecule has 0 spiro atoms. The van der Waals surface area contributed by atoms with Crippen molar-refractivity contribution in [3.8, 4) is 0 Å². The van der Waals surface area contributed by atoms with E-state index in [0.717, 1.165) is 6.54 Å². The van der Waals surface area contributed by atoms with Gasteiger partial charge in [0.2, 0.25) is 5.91 Å². The first-order valence-corrected chi connectivity index (χ1v) is 6.49. The van der Waals surface area contributed by atoms with Gasteiger partial charge in [-0.15, -0.1) is 12.4 Å². The van der Waals surface area contributed by atoms with Crippen molar-refractivity contribution in [3.05, 3.63) is 24.3 Å². The third-order valence-corrected chi connectivity index (χ3v) is 3.00. The first-order valence-electron chi connectivity index (χ1n) is 5.61. The highest BCUT2D eigenvalue weighted by atomic mass is 35.5. The van der Waals surface area contributed by atoms with E-state index in [1.807, 2.05) is 7.05 Å². The van der Waals surface area contributed by atoms with Crippen LogP contribution in [0.5, 0.6) is 0 Å². The van der Waals surface area contributed by atoms with Crippen LogP contribution in [-0.2, 0) is 4.79 Å². The second kappa shape index (κ2) is 10.00. The van der Waals surface area contributed by atoms with Crippen LogP contribution in [0.1, 0.15) is 12.8 Å². The molecule has 1 aromatic rings. The third kappa shape index (κ3) is 7.34. The SMILES string of the molecule is CNCCCC(=O)Nc1ccccc1SC(F)F.Cl. The molecule has 0 atom stereocenters. The molecule has 1 rings (SSSR count). The number of hydrogen-bond donors (Lipinski definition) is 2. The maximum absolute atomic E-state index is 12.3. The van der Waals surface area contributed by atoms with Gasteiger partial charge < -0.3 is 10.6 Å². The van der Waals surface area contributed by atoms with Crippen molar-refractivity contribution in [1.29, 1.82) is 0 Å².